The van der Waals surface area contributed by atoms with Crippen molar-refractivity contribution in [3.8, 4) is 0 Å². The van der Waals surface area contributed by atoms with E-state index < -0.39 is 24.5 Å². The number of amides is 1. The van der Waals surface area contributed by atoms with Crippen molar-refractivity contribution in [2.45, 2.75) is 6.04 Å². The summed E-state index contributed by atoms with van der Waals surface area (Å²) in [6, 6.07) is 0.417. The highest BCUT2D eigenvalue weighted by atomic mass is 79.9. The minimum absolute atomic E-state index is 0.384. The topological polar surface area (TPSA) is 86.6 Å². The molecule has 1 aromatic heterocycles. The van der Waals surface area contributed by atoms with Crippen LogP contribution in [0.1, 0.15) is 9.67 Å². The van der Waals surface area contributed by atoms with Gasteiger partial charge in [0.15, 0.2) is 6.04 Å². The molecule has 0 saturated heterocycles. The van der Waals surface area contributed by atoms with Crippen LogP contribution in [-0.4, -0.2) is 34.7 Å². The van der Waals surface area contributed by atoms with Gasteiger partial charge in [-0.3, -0.25) is 4.79 Å². The molecule has 7 heteroatoms. The number of hydrogen-bond donors (Lipinski definition) is 3. The zero-order valence-corrected chi connectivity index (χ0v) is 9.84. The lowest BCUT2D eigenvalue weighted by Crippen LogP contribution is -2.43. The van der Waals surface area contributed by atoms with Gasteiger partial charge < -0.3 is 15.5 Å². The number of aliphatic hydroxyl groups excluding tert-OH is 1. The molecule has 1 aromatic rings. The second kappa shape index (κ2) is 5.24. The SMILES string of the molecule is O=C(N[C@@H](CO)C(=O)O)c1sccc1Br. The fourth-order valence-corrected chi connectivity index (χ4v) is 2.32. The van der Waals surface area contributed by atoms with Crippen LogP contribution in [0.25, 0.3) is 0 Å². The summed E-state index contributed by atoms with van der Waals surface area (Å²) in [4.78, 5) is 22.4. The summed E-state index contributed by atoms with van der Waals surface area (Å²) in [6.45, 7) is -0.635. The average molecular weight is 294 g/mol. The Morgan fingerprint density at radius 1 is 1.60 bits per heavy atom. The smallest absolute Gasteiger partial charge is 0.328 e. The molecule has 0 radical (unpaired) electrons. The molecule has 82 valence electrons. The van der Waals surface area contributed by atoms with E-state index >= 15 is 0 Å². The molecule has 0 saturated carbocycles. The summed E-state index contributed by atoms with van der Waals surface area (Å²) < 4.78 is 0.604. The lowest BCUT2D eigenvalue weighted by molar-refractivity contribution is -0.140. The van der Waals surface area contributed by atoms with Crippen LogP contribution < -0.4 is 5.32 Å². The molecule has 0 aromatic carbocycles. The molecule has 1 atom stereocenters. The molecule has 0 unspecified atom stereocenters. The van der Waals surface area contributed by atoms with Crippen molar-refractivity contribution in [2.75, 3.05) is 6.61 Å². The number of carboxylic acid groups (broad SMARTS) is 1. The molecule has 0 aliphatic heterocycles. The van der Waals surface area contributed by atoms with E-state index in [-0.39, 0.29) is 0 Å². The normalized spacial score (nSPS) is 12.1. The van der Waals surface area contributed by atoms with Crippen LogP contribution in [0.4, 0.5) is 0 Å². The maximum atomic E-state index is 11.5. The van der Waals surface area contributed by atoms with E-state index in [0.717, 1.165) is 0 Å². The second-order valence-corrected chi connectivity index (χ2v) is 4.41. The third-order valence-electron chi connectivity index (χ3n) is 1.61. The summed E-state index contributed by atoms with van der Waals surface area (Å²) in [5.74, 6) is -1.78. The predicted molar refractivity (Wildman–Crippen MR) is 58.0 cm³/mol. The Balaban J connectivity index is 2.71. The van der Waals surface area contributed by atoms with E-state index in [4.69, 9.17) is 10.2 Å². The van der Waals surface area contributed by atoms with Crippen molar-refractivity contribution < 1.29 is 19.8 Å². The molecule has 0 spiro atoms. The number of carboxylic acids is 1. The number of halogens is 1. The zero-order chi connectivity index (χ0) is 11.4. The highest BCUT2D eigenvalue weighted by Gasteiger charge is 2.21. The van der Waals surface area contributed by atoms with Crippen LogP contribution in [0.2, 0.25) is 0 Å². The molecule has 1 amide bonds. The van der Waals surface area contributed by atoms with Gasteiger partial charge in [-0.2, -0.15) is 0 Å². The number of carbonyl (C=O) groups excluding carboxylic acids is 1. The number of nitrogens with one attached hydrogen (secondary N) is 1. The maximum Gasteiger partial charge on any atom is 0.328 e. The summed E-state index contributed by atoms with van der Waals surface area (Å²) in [7, 11) is 0. The number of aliphatic carboxylic acids is 1. The number of carbonyl (C=O) groups is 2. The predicted octanol–water partition coefficient (Wildman–Crippen LogP) is 0.686. The Morgan fingerprint density at radius 3 is 2.67 bits per heavy atom. The first-order chi connectivity index (χ1) is 7.06. The van der Waals surface area contributed by atoms with Gasteiger partial charge in [-0.1, -0.05) is 0 Å². The molecule has 1 rings (SSSR count). The molecule has 0 fully saturated rings. The molecule has 0 bridgehead atoms. The molecule has 5 nitrogen and oxygen atoms in total. The zero-order valence-electron chi connectivity index (χ0n) is 7.44. The van der Waals surface area contributed by atoms with Crippen LogP contribution >= 0.6 is 27.3 Å². The van der Waals surface area contributed by atoms with Crippen molar-refractivity contribution in [3.63, 3.8) is 0 Å². The first kappa shape index (κ1) is 12.2. The maximum absolute atomic E-state index is 11.5. The molecular weight excluding hydrogens is 286 g/mol. The monoisotopic (exact) mass is 293 g/mol. The third-order valence-corrected chi connectivity index (χ3v) is 3.45. The van der Waals surface area contributed by atoms with Crippen molar-refractivity contribution in [2.24, 2.45) is 0 Å². The summed E-state index contributed by atoms with van der Waals surface area (Å²) in [5.41, 5.74) is 0. The largest absolute Gasteiger partial charge is 0.480 e. The van der Waals surface area contributed by atoms with E-state index in [1.54, 1.807) is 11.4 Å². The van der Waals surface area contributed by atoms with Crippen LogP contribution in [-0.2, 0) is 4.79 Å². The Morgan fingerprint density at radius 2 is 2.27 bits per heavy atom. The van der Waals surface area contributed by atoms with Crippen LogP contribution in [0, 0.1) is 0 Å². The molecule has 15 heavy (non-hydrogen) atoms. The summed E-state index contributed by atoms with van der Waals surface area (Å²) >= 11 is 4.34. The highest BCUT2D eigenvalue weighted by Crippen LogP contribution is 2.22. The van der Waals surface area contributed by atoms with E-state index in [1.165, 1.54) is 11.3 Å². The van der Waals surface area contributed by atoms with Crippen LogP contribution in [0.3, 0.4) is 0 Å². The fraction of sp³-hybridized carbons (Fsp3) is 0.250. The first-order valence-electron chi connectivity index (χ1n) is 3.93. The summed E-state index contributed by atoms with van der Waals surface area (Å²) in [5, 5.41) is 21.2. The van der Waals surface area contributed by atoms with E-state index in [0.29, 0.717) is 9.35 Å². The van der Waals surface area contributed by atoms with Gasteiger partial charge in [0.1, 0.15) is 4.88 Å². The van der Waals surface area contributed by atoms with Crippen molar-refractivity contribution in [1.29, 1.82) is 0 Å². The lowest BCUT2D eigenvalue weighted by atomic mass is 10.3. The standard InChI is InChI=1S/C8H8BrNO4S/c9-4-1-2-15-6(4)7(12)10-5(3-11)8(13)14/h1-2,5,11H,3H2,(H,10,12)(H,13,14)/t5-/m0/s1. The highest BCUT2D eigenvalue weighted by molar-refractivity contribution is 9.10. The Bertz CT molecular complexity index is 378. The fourth-order valence-electron chi connectivity index (χ4n) is 0.865. The van der Waals surface area contributed by atoms with Crippen molar-refractivity contribution >= 4 is 39.1 Å². The third kappa shape index (κ3) is 3.01. The van der Waals surface area contributed by atoms with E-state index in [9.17, 15) is 9.59 Å². The number of rotatable bonds is 4. The molecular formula is C8H8BrNO4S. The van der Waals surface area contributed by atoms with E-state index in [1.807, 2.05) is 0 Å². The lowest BCUT2D eigenvalue weighted by Gasteiger charge is -2.10. The van der Waals surface area contributed by atoms with Crippen molar-refractivity contribution in [3.05, 3.63) is 20.8 Å². The number of hydrogen-bond acceptors (Lipinski definition) is 4. The quantitative estimate of drug-likeness (QED) is 0.762. The van der Waals surface area contributed by atoms with Gasteiger partial charge >= 0.3 is 5.97 Å². The van der Waals surface area contributed by atoms with Gasteiger partial charge in [0.05, 0.1) is 6.61 Å². The Labute approximate surface area is 97.9 Å². The Hall–Kier alpha value is -0.920. The molecule has 0 aliphatic rings. The van der Waals surface area contributed by atoms with Gasteiger partial charge in [-0.15, -0.1) is 11.3 Å². The Kier molecular flexibility index (Phi) is 4.25. The van der Waals surface area contributed by atoms with Gasteiger partial charge in [0, 0.05) is 4.47 Å². The number of thiophene rings is 1. The van der Waals surface area contributed by atoms with E-state index in [2.05, 4.69) is 21.2 Å². The average Bonchev–Trinajstić information content (AvgIpc) is 2.60. The second-order valence-electron chi connectivity index (χ2n) is 2.64. The minimum atomic E-state index is -1.27. The molecule has 0 aliphatic carbocycles. The van der Waals surface area contributed by atoms with Crippen molar-refractivity contribution in [1.82, 2.24) is 5.32 Å². The van der Waals surface area contributed by atoms with Gasteiger partial charge in [-0.25, -0.2) is 4.79 Å². The van der Waals surface area contributed by atoms with Gasteiger partial charge in [0.25, 0.3) is 5.91 Å². The number of aliphatic hydroxyl groups is 1. The van der Waals surface area contributed by atoms with Crippen LogP contribution in [0.15, 0.2) is 15.9 Å². The first-order valence-corrected chi connectivity index (χ1v) is 5.61. The van der Waals surface area contributed by atoms with Gasteiger partial charge in [0.2, 0.25) is 0 Å². The molecule has 3 N–H and O–H groups in total. The van der Waals surface area contributed by atoms with Gasteiger partial charge in [-0.05, 0) is 27.4 Å². The summed E-state index contributed by atoms with van der Waals surface area (Å²) in [6.07, 6.45) is 0. The molecule has 1 heterocycles. The van der Waals surface area contributed by atoms with Crippen LogP contribution in [0.5, 0.6) is 0 Å². The minimum Gasteiger partial charge on any atom is -0.480 e.